The van der Waals surface area contributed by atoms with Gasteiger partial charge in [0.05, 0.1) is 12.7 Å². The van der Waals surface area contributed by atoms with Gasteiger partial charge < -0.3 is 14.6 Å². The molecule has 0 aromatic carbocycles. The maximum atomic E-state index is 11.3. The van der Waals surface area contributed by atoms with E-state index in [2.05, 4.69) is 0 Å². The van der Waals surface area contributed by atoms with E-state index in [1.807, 2.05) is 0 Å². The average molecular weight is 216 g/mol. The number of esters is 1. The molecule has 0 radical (unpaired) electrons. The van der Waals surface area contributed by atoms with Crippen molar-refractivity contribution in [3.8, 4) is 0 Å². The molecule has 1 rings (SSSR count). The predicted octanol–water partition coefficient (Wildman–Crippen LogP) is 1.12. The van der Waals surface area contributed by atoms with Gasteiger partial charge in [-0.3, -0.25) is 0 Å². The summed E-state index contributed by atoms with van der Waals surface area (Å²) >= 11 is 0. The van der Waals surface area contributed by atoms with Crippen molar-refractivity contribution in [1.29, 1.82) is 0 Å². The summed E-state index contributed by atoms with van der Waals surface area (Å²) in [5.74, 6) is -0.450. The zero-order valence-electron chi connectivity index (χ0n) is 9.44. The van der Waals surface area contributed by atoms with Crippen molar-refractivity contribution in [3.63, 3.8) is 0 Å². The molecule has 1 N–H and O–H groups in total. The van der Waals surface area contributed by atoms with Crippen LogP contribution in [-0.4, -0.2) is 37.0 Å². The zero-order valence-corrected chi connectivity index (χ0v) is 9.44. The maximum Gasteiger partial charge on any atom is 0.335 e. The first kappa shape index (κ1) is 12.5. The second-order valence-electron chi connectivity index (χ2n) is 3.97. The molecule has 4 nitrogen and oxygen atoms in total. The van der Waals surface area contributed by atoms with E-state index >= 15 is 0 Å². The lowest BCUT2D eigenvalue weighted by molar-refractivity contribution is -0.157. The number of aliphatic hydroxyl groups is 1. The molecule has 15 heavy (non-hydrogen) atoms. The second-order valence-corrected chi connectivity index (χ2v) is 3.97. The highest BCUT2D eigenvalue weighted by Crippen LogP contribution is 2.28. The van der Waals surface area contributed by atoms with Gasteiger partial charge in [0, 0.05) is 7.11 Å². The molecule has 0 heterocycles. The van der Waals surface area contributed by atoms with Crippen molar-refractivity contribution in [3.05, 3.63) is 0 Å². The molecule has 0 saturated heterocycles. The highest BCUT2D eigenvalue weighted by Gasteiger charge is 2.31. The van der Waals surface area contributed by atoms with Gasteiger partial charge in [-0.1, -0.05) is 0 Å². The predicted molar refractivity (Wildman–Crippen MR) is 55.4 cm³/mol. The average Bonchev–Trinajstić information content (AvgIpc) is 2.28. The fourth-order valence-electron chi connectivity index (χ4n) is 2.06. The molecule has 0 aromatic heterocycles. The van der Waals surface area contributed by atoms with Gasteiger partial charge in [-0.2, -0.15) is 0 Å². The summed E-state index contributed by atoms with van der Waals surface area (Å²) in [6.45, 7) is 2.07. The van der Waals surface area contributed by atoms with Crippen molar-refractivity contribution < 1.29 is 19.4 Å². The van der Waals surface area contributed by atoms with Gasteiger partial charge >= 0.3 is 5.97 Å². The first-order chi connectivity index (χ1) is 7.19. The topological polar surface area (TPSA) is 55.8 Å². The van der Waals surface area contributed by atoms with Crippen LogP contribution < -0.4 is 0 Å². The molecule has 0 bridgehead atoms. The lowest BCUT2D eigenvalue weighted by Gasteiger charge is -2.29. The summed E-state index contributed by atoms with van der Waals surface area (Å²) in [5.41, 5.74) is 0. The molecule has 1 aliphatic rings. The molecule has 88 valence electrons. The van der Waals surface area contributed by atoms with E-state index in [1.54, 1.807) is 14.0 Å². The molecule has 0 amide bonds. The zero-order chi connectivity index (χ0) is 11.3. The minimum Gasteiger partial charge on any atom is -0.464 e. The van der Waals surface area contributed by atoms with Crippen LogP contribution in [0.25, 0.3) is 0 Å². The van der Waals surface area contributed by atoms with Crippen LogP contribution in [0.1, 0.15) is 32.6 Å². The van der Waals surface area contributed by atoms with Crippen LogP contribution in [0.5, 0.6) is 0 Å². The number of carbonyl (C=O) groups excluding carboxylic acids is 1. The van der Waals surface area contributed by atoms with Gasteiger partial charge in [-0.15, -0.1) is 0 Å². The molecule has 1 aliphatic carbocycles. The summed E-state index contributed by atoms with van der Waals surface area (Å²) in [6, 6.07) is 0. The summed E-state index contributed by atoms with van der Waals surface area (Å²) in [5, 5.41) is 9.72. The van der Waals surface area contributed by atoms with E-state index in [-0.39, 0.29) is 12.0 Å². The Labute approximate surface area is 90.6 Å². The van der Waals surface area contributed by atoms with Crippen LogP contribution in [0.2, 0.25) is 0 Å². The molecular weight excluding hydrogens is 196 g/mol. The summed E-state index contributed by atoms with van der Waals surface area (Å²) in [7, 11) is 1.70. The molecular formula is C11H20O4. The fourth-order valence-corrected chi connectivity index (χ4v) is 2.06. The van der Waals surface area contributed by atoms with Crippen molar-refractivity contribution in [2.75, 3.05) is 13.7 Å². The smallest absolute Gasteiger partial charge is 0.335 e. The van der Waals surface area contributed by atoms with Crippen molar-refractivity contribution in [1.82, 2.24) is 0 Å². The molecule has 0 spiro atoms. The number of rotatable bonds is 4. The first-order valence-corrected chi connectivity index (χ1v) is 5.56. The Bertz CT molecular complexity index is 197. The van der Waals surface area contributed by atoms with E-state index in [0.29, 0.717) is 6.61 Å². The van der Waals surface area contributed by atoms with Gasteiger partial charge in [0.25, 0.3) is 0 Å². The Morgan fingerprint density at radius 2 is 2.00 bits per heavy atom. The van der Waals surface area contributed by atoms with Gasteiger partial charge in [-0.05, 0) is 38.5 Å². The van der Waals surface area contributed by atoms with E-state index in [1.165, 1.54) is 0 Å². The number of aliphatic hydroxyl groups excluding tert-OH is 1. The van der Waals surface area contributed by atoms with Crippen LogP contribution in [0.4, 0.5) is 0 Å². The molecule has 1 fully saturated rings. The fraction of sp³-hybridized carbons (Fsp3) is 0.909. The minimum absolute atomic E-state index is 0.0375. The van der Waals surface area contributed by atoms with Crippen molar-refractivity contribution >= 4 is 5.97 Å². The SMILES string of the molecule is CCOC(=O)C(O)C1CCC(OC)CC1. The Hall–Kier alpha value is -0.610. The molecule has 1 unspecified atom stereocenters. The van der Waals surface area contributed by atoms with Gasteiger partial charge in [-0.25, -0.2) is 4.79 Å². The van der Waals surface area contributed by atoms with Crippen molar-refractivity contribution in [2.24, 2.45) is 5.92 Å². The summed E-state index contributed by atoms with van der Waals surface area (Å²) in [6.07, 6.45) is 2.82. The van der Waals surface area contributed by atoms with Gasteiger partial charge in [0.1, 0.15) is 0 Å². The third-order valence-corrected chi connectivity index (χ3v) is 3.03. The van der Waals surface area contributed by atoms with E-state index < -0.39 is 12.1 Å². The largest absolute Gasteiger partial charge is 0.464 e. The van der Waals surface area contributed by atoms with Crippen LogP contribution in [0.3, 0.4) is 0 Å². The Morgan fingerprint density at radius 1 is 1.40 bits per heavy atom. The quantitative estimate of drug-likeness (QED) is 0.715. The van der Waals surface area contributed by atoms with E-state index in [4.69, 9.17) is 9.47 Å². The lowest BCUT2D eigenvalue weighted by atomic mass is 9.84. The standard InChI is InChI=1S/C11H20O4/c1-3-15-11(13)10(12)8-4-6-9(14-2)7-5-8/h8-10,12H,3-7H2,1-2H3. The van der Waals surface area contributed by atoms with Crippen LogP contribution in [-0.2, 0) is 14.3 Å². The number of ether oxygens (including phenoxy) is 2. The van der Waals surface area contributed by atoms with Crippen molar-refractivity contribution in [2.45, 2.75) is 44.8 Å². The van der Waals surface area contributed by atoms with Gasteiger partial charge in [0.2, 0.25) is 0 Å². The summed E-state index contributed by atoms with van der Waals surface area (Å²) < 4.78 is 10.0. The third-order valence-electron chi connectivity index (χ3n) is 3.03. The van der Waals surface area contributed by atoms with Crippen LogP contribution in [0.15, 0.2) is 0 Å². The van der Waals surface area contributed by atoms with Gasteiger partial charge in [0.15, 0.2) is 6.10 Å². The molecule has 0 aromatic rings. The van der Waals surface area contributed by atoms with E-state index in [0.717, 1.165) is 25.7 Å². The number of methoxy groups -OCH3 is 1. The number of hydrogen-bond acceptors (Lipinski definition) is 4. The highest BCUT2D eigenvalue weighted by atomic mass is 16.5. The Kier molecular flexibility index (Phi) is 5.05. The molecule has 4 heteroatoms. The Morgan fingerprint density at radius 3 is 2.47 bits per heavy atom. The molecule has 0 aliphatic heterocycles. The van der Waals surface area contributed by atoms with E-state index in [9.17, 15) is 9.90 Å². The first-order valence-electron chi connectivity index (χ1n) is 5.56. The number of hydrogen-bond donors (Lipinski definition) is 1. The maximum absolute atomic E-state index is 11.3. The normalized spacial score (nSPS) is 28.5. The van der Waals surface area contributed by atoms with Crippen LogP contribution in [0, 0.1) is 5.92 Å². The summed E-state index contributed by atoms with van der Waals surface area (Å²) in [4.78, 5) is 11.3. The van der Waals surface area contributed by atoms with Crippen LogP contribution >= 0.6 is 0 Å². The Balaban J connectivity index is 2.35. The highest BCUT2D eigenvalue weighted by molar-refractivity contribution is 5.74. The minimum atomic E-state index is -0.956. The number of carbonyl (C=O) groups is 1. The third kappa shape index (κ3) is 3.47. The lowest BCUT2D eigenvalue weighted by Crippen LogP contribution is -2.35. The molecule has 1 atom stereocenters. The monoisotopic (exact) mass is 216 g/mol. The second kappa shape index (κ2) is 6.08. The molecule has 1 saturated carbocycles.